The molecule has 1 aromatic heterocycles. The third kappa shape index (κ3) is 4.11. The maximum atomic E-state index is 5.78. The Morgan fingerprint density at radius 1 is 1.35 bits per heavy atom. The van der Waals surface area contributed by atoms with Gasteiger partial charge in [0.15, 0.2) is 0 Å². The summed E-state index contributed by atoms with van der Waals surface area (Å²) < 4.78 is 6.92. The highest BCUT2D eigenvalue weighted by atomic mass is 79.9. The van der Waals surface area contributed by atoms with Crippen molar-refractivity contribution in [3.05, 3.63) is 22.6 Å². The molecule has 0 spiro atoms. The van der Waals surface area contributed by atoms with E-state index in [9.17, 15) is 0 Å². The van der Waals surface area contributed by atoms with Gasteiger partial charge in [-0.05, 0) is 74.0 Å². The van der Waals surface area contributed by atoms with E-state index in [0.717, 1.165) is 22.7 Å². The first-order valence-corrected chi connectivity index (χ1v) is 8.68. The zero-order valence-corrected chi connectivity index (χ0v) is 14.8. The van der Waals surface area contributed by atoms with Gasteiger partial charge < -0.3 is 9.73 Å². The first-order valence-electron chi connectivity index (χ1n) is 7.88. The fourth-order valence-corrected chi connectivity index (χ4v) is 3.76. The van der Waals surface area contributed by atoms with Crippen molar-refractivity contribution >= 4 is 15.9 Å². The Hall–Kier alpha value is -0.280. The Morgan fingerprint density at radius 3 is 2.65 bits per heavy atom. The van der Waals surface area contributed by atoms with Crippen LogP contribution in [0.1, 0.15) is 65.1 Å². The van der Waals surface area contributed by atoms with Crippen LogP contribution in [0.2, 0.25) is 0 Å². The number of hydrogen-bond acceptors (Lipinski definition) is 2. The van der Waals surface area contributed by atoms with Crippen LogP contribution in [0.15, 0.2) is 21.2 Å². The van der Waals surface area contributed by atoms with E-state index in [0.29, 0.717) is 11.8 Å². The van der Waals surface area contributed by atoms with Gasteiger partial charge in [0.2, 0.25) is 0 Å². The van der Waals surface area contributed by atoms with Crippen molar-refractivity contribution in [2.75, 3.05) is 6.54 Å². The molecule has 2 rings (SSSR count). The molecule has 1 aromatic rings. The van der Waals surface area contributed by atoms with Gasteiger partial charge in [-0.1, -0.05) is 19.8 Å². The first-order chi connectivity index (χ1) is 9.40. The molecule has 1 heterocycles. The second kappa shape index (κ2) is 6.65. The van der Waals surface area contributed by atoms with Crippen LogP contribution in [0.5, 0.6) is 0 Å². The van der Waals surface area contributed by atoms with E-state index in [4.69, 9.17) is 4.42 Å². The average Bonchev–Trinajstić information content (AvgIpc) is 2.81. The third-order valence-corrected chi connectivity index (χ3v) is 5.21. The summed E-state index contributed by atoms with van der Waals surface area (Å²) in [5.74, 6) is 3.24. The van der Waals surface area contributed by atoms with Crippen LogP contribution in [0.3, 0.4) is 0 Å². The minimum absolute atomic E-state index is 0.187. The van der Waals surface area contributed by atoms with E-state index in [2.05, 4.69) is 48.9 Å². The van der Waals surface area contributed by atoms with E-state index in [1.165, 1.54) is 25.7 Å². The van der Waals surface area contributed by atoms with E-state index in [1.54, 1.807) is 0 Å². The number of halogens is 1. The van der Waals surface area contributed by atoms with Crippen LogP contribution in [-0.2, 0) is 0 Å². The summed E-state index contributed by atoms with van der Waals surface area (Å²) in [4.78, 5) is 0. The lowest BCUT2D eigenvalue weighted by Gasteiger charge is -2.37. The van der Waals surface area contributed by atoms with Gasteiger partial charge in [-0.15, -0.1) is 0 Å². The lowest BCUT2D eigenvalue weighted by molar-refractivity contribution is 0.194. The zero-order valence-electron chi connectivity index (χ0n) is 13.2. The van der Waals surface area contributed by atoms with Gasteiger partial charge in [0.25, 0.3) is 0 Å². The Bertz CT molecular complexity index is 421. The average molecular weight is 342 g/mol. The van der Waals surface area contributed by atoms with Crippen molar-refractivity contribution in [3.8, 4) is 0 Å². The number of furan rings is 1. The van der Waals surface area contributed by atoms with E-state index in [1.807, 2.05) is 12.3 Å². The zero-order chi connectivity index (χ0) is 14.8. The molecule has 3 heteroatoms. The maximum absolute atomic E-state index is 5.78. The highest BCUT2D eigenvalue weighted by Crippen LogP contribution is 2.44. The van der Waals surface area contributed by atoms with Crippen molar-refractivity contribution < 1.29 is 4.42 Å². The fourth-order valence-electron chi connectivity index (χ4n) is 3.26. The third-order valence-electron chi connectivity index (χ3n) is 4.56. The van der Waals surface area contributed by atoms with Gasteiger partial charge in [-0.3, -0.25) is 0 Å². The monoisotopic (exact) mass is 341 g/mol. The van der Waals surface area contributed by atoms with Gasteiger partial charge in [0.1, 0.15) is 5.76 Å². The predicted octanol–water partition coefficient (Wildman–Crippen LogP) is 5.34. The smallest absolute Gasteiger partial charge is 0.121 e. The highest BCUT2D eigenvalue weighted by Gasteiger charge is 2.34. The SMILES string of the molecule is CCC1CCC(CNC(C)(C)C)C(c2occc2Br)C1. The normalized spacial score (nSPS) is 27.8. The second-order valence-corrected chi connectivity index (χ2v) is 8.07. The quantitative estimate of drug-likeness (QED) is 0.799. The van der Waals surface area contributed by atoms with Crippen molar-refractivity contribution in [2.24, 2.45) is 11.8 Å². The Labute approximate surface area is 131 Å². The lowest BCUT2D eigenvalue weighted by atomic mass is 9.72. The van der Waals surface area contributed by atoms with Gasteiger partial charge in [-0.25, -0.2) is 0 Å². The molecule has 0 saturated heterocycles. The molecule has 1 saturated carbocycles. The molecule has 114 valence electrons. The molecule has 3 unspecified atom stereocenters. The molecule has 0 amide bonds. The summed E-state index contributed by atoms with van der Waals surface area (Å²) >= 11 is 3.65. The molecule has 1 N–H and O–H groups in total. The van der Waals surface area contributed by atoms with Crippen LogP contribution in [0.25, 0.3) is 0 Å². The molecule has 1 fully saturated rings. The van der Waals surface area contributed by atoms with Crippen LogP contribution in [0.4, 0.5) is 0 Å². The van der Waals surface area contributed by atoms with E-state index in [-0.39, 0.29) is 5.54 Å². The molecule has 1 aliphatic rings. The summed E-state index contributed by atoms with van der Waals surface area (Å²) in [7, 11) is 0. The minimum atomic E-state index is 0.187. The van der Waals surface area contributed by atoms with Crippen LogP contribution in [0, 0.1) is 11.8 Å². The number of rotatable bonds is 4. The topological polar surface area (TPSA) is 25.2 Å². The molecular formula is C17H28BrNO. The number of nitrogens with one attached hydrogen (secondary N) is 1. The molecule has 1 aliphatic carbocycles. The summed E-state index contributed by atoms with van der Waals surface area (Å²) in [6.07, 6.45) is 7.03. The predicted molar refractivity (Wildman–Crippen MR) is 88.0 cm³/mol. The van der Waals surface area contributed by atoms with Crippen molar-refractivity contribution in [2.45, 2.75) is 64.8 Å². The molecule has 0 aliphatic heterocycles. The summed E-state index contributed by atoms with van der Waals surface area (Å²) in [5, 5.41) is 3.68. The molecule has 0 radical (unpaired) electrons. The summed E-state index contributed by atoms with van der Waals surface area (Å²) in [5.41, 5.74) is 0.187. The minimum Gasteiger partial charge on any atom is -0.468 e. The lowest BCUT2D eigenvalue weighted by Crippen LogP contribution is -2.41. The fraction of sp³-hybridized carbons (Fsp3) is 0.765. The van der Waals surface area contributed by atoms with Gasteiger partial charge in [0, 0.05) is 11.5 Å². The molecular weight excluding hydrogens is 314 g/mol. The number of hydrogen-bond donors (Lipinski definition) is 1. The molecule has 0 bridgehead atoms. The standard InChI is InChI=1S/C17H28BrNO/c1-5-12-6-7-13(11-19-17(2,3)4)14(10-12)16-15(18)8-9-20-16/h8-9,12-14,19H,5-7,10-11H2,1-4H3. The largest absolute Gasteiger partial charge is 0.468 e. The van der Waals surface area contributed by atoms with Crippen LogP contribution in [-0.4, -0.2) is 12.1 Å². The van der Waals surface area contributed by atoms with Gasteiger partial charge in [-0.2, -0.15) is 0 Å². The van der Waals surface area contributed by atoms with Crippen molar-refractivity contribution in [1.82, 2.24) is 5.32 Å². The van der Waals surface area contributed by atoms with Gasteiger partial charge >= 0.3 is 0 Å². The molecule has 20 heavy (non-hydrogen) atoms. The summed E-state index contributed by atoms with van der Waals surface area (Å²) in [6.45, 7) is 10.1. The molecule has 3 atom stereocenters. The highest BCUT2D eigenvalue weighted by molar-refractivity contribution is 9.10. The second-order valence-electron chi connectivity index (χ2n) is 7.22. The molecule has 0 aromatic carbocycles. The van der Waals surface area contributed by atoms with Crippen molar-refractivity contribution in [1.29, 1.82) is 0 Å². The van der Waals surface area contributed by atoms with Gasteiger partial charge in [0.05, 0.1) is 10.7 Å². The Balaban J connectivity index is 2.10. The van der Waals surface area contributed by atoms with Crippen molar-refractivity contribution in [3.63, 3.8) is 0 Å². The molecule has 2 nitrogen and oxygen atoms in total. The van der Waals surface area contributed by atoms with Crippen LogP contribution >= 0.6 is 15.9 Å². The Morgan fingerprint density at radius 2 is 2.10 bits per heavy atom. The Kier molecular flexibility index (Phi) is 5.36. The van der Waals surface area contributed by atoms with E-state index >= 15 is 0 Å². The maximum Gasteiger partial charge on any atom is 0.121 e. The van der Waals surface area contributed by atoms with E-state index < -0.39 is 0 Å². The van der Waals surface area contributed by atoms with Crippen LogP contribution < -0.4 is 5.32 Å². The first kappa shape index (κ1) is 16.1. The summed E-state index contributed by atoms with van der Waals surface area (Å²) in [6, 6.07) is 2.03.